The molecular formula is C13H20N2O. The van der Waals surface area contributed by atoms with Gasteiger partial charge in [-0.15, -0.1) is 0 Å². The van der Waals surface area contributed by atoms with Crippen LogP contribution in [0.1, 0.15) is 38.3 Å². The Labute approximate surface area is 97.0 Å². The van der Waals surface area contributed by atoms with Crippen molar-refractivity contribution >= 4 is 5.91 Å². The number of carbonyl (C=O) groups excluding carboxylic acids is 1. The van der Waals surface area contributed by atoms with Crippen molar-refractivity contribution in [2.24, 2.45) is 5.73 Å². The van der Waals surface area contributed by atoms with Crippen LogP contribution < -0.4 is 11.1 Å². The summed E-state index contributed by atoms with van der Waals surface area (Å²) in [6, 6.07) is 9.04. The average Bonchev–Trinajstić information content (AvgIpc) is 2.29. The Hall–Kier alpha value is -1.35. The highest BCUT2D eigenvalue weighted by Crippen LogP contribution is 2.09. The van der Waals surface area contributed by atoms with E-state index in [1.807, 2.05) is 37.3 Å². The van der Waals surface area contributed by atoms with Gasteiger partial charge in [-0.3, -0.25) is 4.79 Å². The fourth-order valence-corrected chi connectivity index (χ4v) is 1.65. The van der Waals surface area contributed by atoms with Gasteiger partial charge in [0.1, 0.15) is 6.04 Å². The second-order valence-corrected chi connectivity index (χ2v) is 4.09. The largest absolute Gasteiger partial charge is 0.352 e. The minimum absolute atomic E-state index is 0.104. The van der Waals surface area contributed by atoms with Crippen molar-refractivity contribution in [3.05, 3.63) is 35.9 Å². The summed E-state index contributed by atoms with van der Waals surface area (Å²) < 4.78 is 0. The van der Waals surface area contributed by atoms with Gasteiger partial charge in [-0.1, -0.05) is 43.7 Å². The third-order valence-electron chi connectivity index (χ3n) is 2.55. The summed E-state index contributed by atoms with van der Waals surface area (Å²) >= 11 is 0. The first-order chi connectivity index (χ1) is 7.65. The van der Waals surface area contributed by atoms with E-state index in [2.05, 4.69) is 12.2 Å². The molecule has 0 heterocycles. The Morgan fingerprint density at radius 3 is 2.56 bits per heavy atom. The summed E-state index contributed by atoms with van der Waals surface area (Å²) in [5, 5.41) is 2.92. The summed E-state index contributed by atoms with van der Waals surface area (Å²) in [4.78, 5) is 11.8. The molecule has 0 bridgehead atoms. The van der Waals surface area contributed by atoms with Crippen LogP contribution in [0.4, 0.5) is 0 Å². The molecule has 0 aliphatic rings. The molecule has 3 nitrogen and oxygen atoms in total. The van der Waals surface area contributed by atoms with Crippen molar-refractivity contribution in [2.45, 2.75) is 38.8 Å². The summed E-state index contributed by atoms with van der Waals surface area (Å²) in [6.45, 7) is 4.10. The van der Waals surface area contributed by atoms with E-state index in [1.165, 1.54) is 0 Å². The quantitative estimate of drug-likeness (QED) is 0.797. The Bertz CT molecular complexity index is 324. The Kier molecular flexibility index (Phi) is 4.99. The number of hydrogen-bond donors (Lipinski definition) is 2. The molecule has 0 aliphatic heterocycles. The van der Waals surface area contributed by atoms with Crippen molar-refractivity contribution in [3.63, 3.8) is 0 Å². The zero-order valence-corrected chi connectivity index (χ0v) is 9.94. The number of rotatable bonds is 5. The molecular weight excluding hydrogens is 200 g/mol. The Morgan fingerprint density at radius 2 is 2.00 bits per heavy atom. The smallest absolute Gasteiger partial charge is 0.241 e. The van der Waals surface area contributed by atoms with Gasteiger partial charge in [0.2, 0.25) is 5.91 Å². The minimum Gasteiger partial charge on any atom is -0.352 e. The van der Waals surface area contributed by atoms with Crippen LogP contribution >= 0.6 is 0 Å². The van der Waals surface area contributed by atoms with Gasteiger partial charge >= 0.3 is 0 Å². The molecule has 1 aromatic rings. The molecule has 0 aromatic heterocycles. The zero-order chi connectivity index (χ0) is 12.0. The fourth-order valence-electron chi connectivity index (χ4n) is 1.65. The average molecular weight is 220 g/mol. The number of benzene rings is 1. The van der Waals surface area contributed by atoms with Crippen molar-refractivity contribution in [1.82, 2.24) is 5.32 Å². The predicted molar refractivity (Wildman–Crippen MR) is 65.9 cm³/mol. The number of nitrogens with one attached hydrogen (secondary N) is 1. The highest BCUT2D eigenvalue weighted by atomic mass is 16.2. The van der Waals surface area contributed by atoms with E-state index in [0.29, 0.717) is 0 Å². The summed E-state index contributed by atoms with van der Waals surface area (Å²) in [5.41, 5.74) is 6.72. The lowest BCUT2D eigenvalue weighted by atomic mass is 10.1. The van der Waals surface area contributed by atoms with Gasteiger partial charge in [-0.25, -0.2) is 0 Å². The maximum absolute atomic E-state index is 11.8. The van der Waals surface area contributed by atoms with Crippen LogP contribution in [0.15, 0.2) is 30.3 Å². The Morgan fingerprint density at radius 1 is 1.38 bits per heavy atom. The van der Waals surface area contributed by atoms with E-state index in [1.54, 1.807) is 0 Å². The van der Waals surface area contributed by atoms with Crippen molar-refractivity contribution in [3.8, 4) is 0 Å². The van der Waals surface area contributed by atoms with Crippen LogP contribution in [0.2, 0.25) is 0 Å². The second-order valence-electron chi connectivity index (χ2n) is 4.09. The van der Waals surface area contributed by atoms with Crippen LogP contribution in [0.5, 0.6) is 0 Å². The first-order valence-electron chi connectivity index (χ1n) is 5.76. The highest BCUT2D eigenvalue weighted by molar-refractivity contribution is 5.83. The van der Waals surface area contributed by atoms with Crippen molar-refractivity contribution in [1.29, 1.82) is 0 Å². The molecule has 1 rings (SSSR count). The molecule has 88 valence electrons. The van der Waals surface area contributed by atoms with E-state index >= 15 is 0 Å². The summed E-state index contributed by atoms with van der Waals surface area (Å²) in [5.74, 6) is -0.104. The molecule has 0 fully saturated rings. The third kappa shape index (κ3) is 3.66. The number of nitrogens with two attached hydrogens (primary N) is 1. The van der Waals surface area contributed by atoms with Gasteiger partial charge in [-0.05, 0) is 18.9 Å². The lowest BCUT2D eigenvalue weighted by Crippen LogP contribution is -2.39. The monoisotopic (exact) mass is 220 g/mol. The molecule has 3 N–H and O–H groups in total. The van der Waals surface area contributed by atoms with Crippen molar-refractivity contribution in [2.75, 3.05) is 0 Å². The molecule has 0 spiro atoms. The molecule has 1 amide bonds. The number of carbonyl (C=O) groups is 1. The predicted octanol–water partition coefficient (Wildman–Crippen LogP) is 1.99. The second kappa shape index (κ2) is 6.28. The summed E-state index contributed by atoms with van der Waals surface area (Å²) in [6.07, 6.45) is 2.04. The SMILES string of the molecule is CCCC(C)NC(=O)[C@H](N)c1ccccc1. The molecule has 0 saturated heterocycles. The van der Waals surface area contributed by atoms with E-state index < -0.39 is 6.04 Å². The standard InChI is InChI=1S/C13H20N2O/c1-3-7-10(2)15-13(16)12(14)11-8-5-4-6-9-11/h4-6,8-10,12H,3,7,14H2,1-2H3,(H,15,16)/t10?,12-/m1/s1. The van der Waals surface area contributed by atoms with Gasteiger partial charge in [-0.2, -0.15) is 0 Å². The molecule has 1 unspecified atom stereocenters. The van der Waals surface area contributed by atoms with E-state index in [9.17, 15) is 4.79 Å². The maximum Gasteiger partial charge on any atom is 0.241 e. The first kappa shape index (κ1) is 12.7. The Balaban J connectivity index is 2.55. The number of amides is 1. The van der Waals surface area contributed by atoms with Crippen LogP contribution in [0.3, 0.4) is 0 Å². The lowest BCUT2D eigenvalue weighted by Gasteiger charge is -2.17. The highest BCUT2D eigenvalue weighted by Gasteiger charge is 2.16. The van der Waals surface area contributed by atoms with Crippen molar-refractivity contribution < 1.29 is 4.79 Å². The molecule has 0 aliphatic carbocycles. The van der Waals surface area contributed by atoms with Gasteiger partial charge in [0.15, 0.2) is 0 Å². The van der Waals surface area contributed by atoms with Crippen LogP contribution in [0.25, 0.3) is 0 Å². The van der Waals surface area contributed by atoms with Gasteiger partial charge < -0.3 is 11.1 Å². The maximum atomic E-state index is 11.8. The first-order valence-corrected chi connectivity index (χ1v) is 5.76. The van der Waals surface area contributed by atoms with Crippen LogP contribution in [-0.2, 0) is 4.79 Å². The molecule has 0 radical (unpaired) electrons. The van der Waals surface area contributed by atoms with E-state index in [-0.39, 0.29) is 11.9 Å². The molecule has 16 heavy (non-hydrogen) atoms. The van der Waals surface area contributed by atoms with Gasteiger partial charge in [0.25, 0.3) is 0 Å². The van der Waals surface area contributed by atoms with Gasteiger partial charge in [0, 0.05) is 6.04 Å². The van der Waals surface area contributed by atoms with Crippen LogP contribution in [-0.4, -0.2) is 11.9 Å². The fraction of sp³-hybridized carbons (Fsp3) is 0.462. The molecule has 1 aromatic carbocycles. The molecule has 3 heteroatoms. The molecule has 2 atom stereocenters. The number of hydrogen-bond acceptors (Lipinski definition) is 2. The van der Waals surface area contributed by atoms with Crippen LogP contribution in [0, 0.1) is 0 Å². The normalized spacial score (nSPS) is 14.2. The van der Waals surface area contributed by atoms with E-state index in [4.69, 9.17) is 5.73 Å². The lowest BCUT2D eigenvalue weighted by molar-refractivity contribution is -0.123. The third-order valence-corrected chi connectivity index (χ3v) is 2.55. The van der Waals surface area contributed by atoms with E-state index in [0.717, 1.165) is 18.4 Å². The topological polar surface area (TPSA) is 55.1 Å². The summed E-state index contributed by atoms with van der Waals surface area (Å²) in [7, 11) is 0. The van der Waals surface area contributed by atoms with Gasteiger partial charge in [0.05, 0.1) is 0 Å². The molecule has 0 saturated carbocycles. The zero-order valence-electron chi connectivity index (χ0n) is 9.94. The minimum atomic E-state index is -0.569.